The molecule has 2 amide bonds. The molecule has 2 aliphatic carbocycles. The third-order valence-electron chi connectivity index (χ3n) is 4.90. The Labute approximate surface area is 124 Å². The van der Waals surface area contributed by atoms with E-state index in [9.17, 15) is 22.8 Å². The topological polar surface area (TPSA) is 37.4 Å². The van der Waals surface area contributed by atoms with Crippen LogP contribution in [0.5, 0.6) is 0 Å². The number of alkyl halides is 3. The van der Waals surface area contributed by atoms with E-state index >= 15 is 0 Å². The van der Waals surface area contributed by atoms with E-state index in [1.165, 1.54) is 12.1 Å². The summed E-state index contributed by atoms with van der Waals surface area (Å²) in [5, 5.41) is 0. The maximum Gasteiger partial charge on any atom is 0.416 e. The zero-order valence-corrected chi connectivity index (χ0v) is 11.4. The molecule has 1 aromatic rings. The predicted octanol–water partition coefficient (Wildman–Crippen LogP) is 3.02. The van der Waals surface area contributed by atoms with Crippen molar-refractivity contribution in [1.29, 1.82) is 0 Å². The van der Waals surface area contributed by atoms with E-state index < -0.39 is 23.6 Å². The minimum atomic E-state index is -4.50. The van der Waals surface area contributed by atoms with Crippen LogP contribution in [0, 0.1) is 23.7 Å². The van der Waals surface area contributed by atoms with E-state index in [1.807, 2.05) is 12.2 Å². The highest BCUT2D eigenvalue weighted by molar-refractivity contribution is 6.22. The van der Waals surface area contributed by atoms with Gasteiger partial charge in [0.2, 0.25) is 11.8 Å². The average Bonchev–Trinajstić information content (AvgIpc) is 3.12. The summed E-state index contributed by atoms with van der Waals surface area (Å²) in [5.41, 5.74) is -0.845. The lowest BCUT2D eigenvalue weighted by Crippen LogP contribution is -2.33. The standard InChI is InChI=1S/C16H12F3NO2/c17-16(18,19)10-2-1-3-11(7-10)20-14(21)12-8-4-5-9(6-8)13(12)15(20)22/h1-5,7-9,12-13H,6H2/t8-,9+,12+,13-. The summed E-state index contributed by atoms with van der Waals surface area (Å²) in [5.74, 6) is -1.46. The van der Waals surface area contributed by atoms with Crippen molar-refractivity contribution in [3.8, 4) is 0 Å². The van der Waals surface area contributed by atoms with Crippen molar-refractivity contribution < 1.29 is 22.8 Å². The molecule has 0 spiro atoms. The molecule has 0 aromatic heterocycles. The molecule has 0 N–H and O–H groups in total. The van der Waals surface area contributed by atoms with Gasteiger partial charge in [0.15, 0.2) is 0 Å². The lowest BCUT2D eigenvalue weighted by atomic mass is 9.85. The van der Waals surface area contributed by atoms with Gasteiger partial charge in [-0.15, -0.1) is 0 Å². The predicted molar refractivity (Wildman–Crippen MR) is 71.7 cm³/mol. The van der Waals surface area contributed by atoms with Crippen molar-refractivity contribution in [3.63, 3.8) is 0 Å². The Bertz CT molecular complexity index is 680. The SMILES string of the molecule is O=C1[C@@H]2[C@H](C(=O)N1c1cccc(C(F)(F)F)c1)[C@H]1C=C[C@@H]2C1. The first-order chi connectivity index (χ1) is 10.4. The Morgan fingerprint density at radius 3 is 2.14 bits per heavy atom. The minimum absolute atomic E-state index is 0.0126. The summed E-state index contributed by atoms with van der Waals surface area (Å²) < 4.78 is 38.4. The molecule has 2 bridgehead atoms. The van der Waals surface area contributed by atoms with Crippen LogP contribution in [-0.2, 0) is 15.8 Å². The molecule has 1 aromatic carbocycles. The number of hydrogen-bond donors (Lipinski definition) is 0. The molecule has 1 saturated heterocycles. The second kappa shape index (κ2) is 4.21. The first-order valence-electron chi connectivity index (χ1n) is 7.11. The van der Waals surface area contributed by atoms with E-state index in [-0.39, 0.29) is 29.3 Å². The number of imide groups is 1. The number of halogens is 3. The Morgan fingerprint density at radius 2 is 1.59 bits per heavy atom. The first kappa shape index (κ1) is 13.5. The monoisotopic (exact) mass is 307 g/mol. The van der Waals surface area contributed by atoms with Crippen LogP contribution in [0.25, 0.3) is 0 Å². The van der Waals surface area contributed by atoms with Crippen LogP contribution < -0.4 is 4.90 Å². The zero-order valence-electron chi connectivity index (χ0n) is 11.4. The van der Waals surface area contributed by atoms with Crippen molar-refractivity contribution >= 4 is 17.5 Å². The molecule has 0 radical (unpaired) electrons. The number of carbonyl (C=O) groups is 2. The first-order valence-corrected chi connectivity index (χ1v) is 7.11. The van der Waals surface area contributed by atoms with Crippen molar-refractivity contribution in [3.05, 3.63) is 42.0 Å². The van der Waals surface area contributed by atoms with E-state index in [2.05, 4.69) is 0 Å². The molecular formula is C16H12F3NO2. The molecule has 22 heavy (non-hydrogen) atoms. The van der Waals surface area contributed by atoms with Gasteiger partial charge >= 0.3 is 6.18 Å². The fourth-order valence-corrected chi connectivity index (χ4v) is 3.98. The van der Waals surface area contributed by atoms with E-state index in [0.29, 0.717) is 0 Å². The highest BCUT2D eigenvalue weighted by Crippen LogP contribution is 2.53. The summed E-state index contributed by atoms with van der Waals surface area (Å²) >= 11 is 0. The number of fused-ring (bicyclic) bond motifs is 5. The molecule has 1 heterocycles. The lowest BCUT2D eigenvalue weighted by molar-refractivity contribution is -0.137. The summed E-state index contributed by atoms with van der Waals surface area (Å²) in [6, 6.07) is 4.40. The van der Waals surface area contributed by atoms with Crippen LogP contribution in [0.15, 0.2) is 36.4 Å². The fourth-order valence-electron chi connectivity index (χ4n) is 3.98. The van der Waals surface area contributed by atoms with Gasteiger partial charge in [0.25, 0.3) is 0 Å². The molecule has 6 heteroatoms. The Kier molecular flexibility index (Phi) is 2.59. The summed E-state index contributed by atoms with van der Waals surface area (Å²) in [6.07, 6.45) is 0.195. The molecule has 3 nitrogen and oxygen atoms in total. The van der Waals surface area contributed by atoms with Gasteiger partial charge in [-0.1, -0.05) is 18.2 Å². The maximum absolute atomic E-state index is 12.8. The number of amides is 2. The Hall–Kier alpha value is -2.11. The van der Waals surface area contributed by atoms with Crippen LogP contribution in [0.2, 0.25) is 0 Å². The number of carbonyl (C=O) groups excluding carboxylic acids is 2. The Morgan fingerprint density at radius 1 is 1.00 bits per heavy atom. The smallest absolute Gasteiger partial charge is 0.274 e. The quantitative estimate of drug-likeness (QED) is 0.591. The molecule has 2 fully saturated rings. The third kappa shape index (κ3) is 1.69. The molecule has 114 valence electrons. The largest absolute Gasteiger partial charge is 0.416 e. The molecule has 4 atom stereocenters. The average molecular weight is 307 g/mol. The van der Waals surface area contributed by atoms with Gasteiger partial charge in [0.1, 0.15) is 0 Å². The van der Waals surface area contributed by atoms with E-state index in [0.717, 1.165) is 23.5 Å². The van der Waals surface area contributed by atoms with Gasteiger partial charge < -0.3 is 0 Å². The number of rotatable bonds is 1. The number of nitrogens with zero attached hydrogens (tertiary/aromatic N) is 1. The van der Waals surface area contributed by atoms with Gasteiger partial charge in [-0.25, -0.2) is 0 Å². The van der Waals surface area contributed by atoms with Gasteiger partial charge in [0, 0.05) is 0 Å². The normalized spacial score (nSPS) is 33.0. The van der Waals surface area contributed by atoms with Crippen molar-refractivity contribution in [2.24, 2.45) is 23.7 Å². The summed E-state index contributed by atoms with van der Waals surface area (Å²) in [7, 11) is 0. The van der Waals surface area contributed by atoms with E-state index in [1.54, 1.807) is 0 Å². The van der Waals surface area contributed by atoms with Gasteiger partial charge in [-0.2, -0.15) is 13.2 Å². The second-order valence-electron chi connectivity index (χ2n) is 6.06. The third-order valence-corrected chi connectivity index (χ3v) is 4.90. The Balaban J connectivity index is 1.73. The van der Waals surface area contributed by atoms with Gasteiger partial charge in [0.05, 0.1) is 23.1 Å². The summed E-state index contributed by atoms with van der Waals surface area (Å²) in [4.78, 5) is 26.0. The van der Waals surface area contributed by atoms with Crippen molar-refractivity contribution in [2.45, 2.75) is 12.6 Å². The summed E-state index contributed by atoms with van der Waals surface area (Å²) in [6.45, 7) is 0. The van der Waals surface area contributed by atoms with Crippen molar-refractivity contribution in [2.75, 3.05) is 4.90 Å². The molecule has 1 aliphatic heterocycles. The van der Waals surface area contributed by atoms with Crippen LogP contribution in [0.1, 0.15) is 12.0 Å². The molecule has 4 rings (SSSR count). The van der Waals surface area contributed by atoms with Crippen LogP contribution in [-0.4, -0.2) is 11.8 Å². The highest BCUT2D eigenvalue weighted by atomic mass is 19.4. The maximum atomic E-state index is 12.8. The van der Waals surface area contributed by atoms with Crippen LogP contribution in [0.4, 0.5) is 18.9 Å². The van der Waals surface area contributed by atoms with E-state index in [4.69, 9.17) is 0 Å². The number of anilines is 1. The fraction of sp³-hybridized carbons (Fsp3) is 0.375. The number of hydrogen-bond acceptors (Lipinski definition) is 2. The highest BCUT2D eigenvalue weighted by Gasteiger charge is 2.59. The molecule has 0 unspecified atom stereocenters. The second-order valence-corrected chi connectivity index (χ2v) is 6.06. The molecular weight excluding hydrogens is 295 g/mol. The lowest BCUT2D eigenvalue weighted by Gasteiger charge is -2.18. The van der Waals surface area contributed by atoms with Crippen LogP contribution >= 0.6 is 0 Å². The molecule has 3 aliphatic rings. The van der Waals surface area contributed by atoms with Gasteiger partial charge in [-0.05, 0) is 36.5 Å². The number of allylic oxidation sites excluding steroid dienone is 2. The zero-order chi connectivity index (χ0) is 15.6. The van der Waals surface area contributed by atoms with Crippen LogP contribution in [0.3, 0.4) is 0 Å². The number of benzene rings is 1. The molecule has 1 saturated carbocycles. The minimum Gasteiger partial charge on any atom is -0.274 e. The van der Waals surface area contributed by atoms with Crippen molar-refractivity contribution in [1.82, 2.24) is 0 Å². The van der Waals surface area contributed by atoms with Gasteiger partial charge in [-0.3, -0.25) is 14.5 Å².